The molecule has 0 saturated carbocycles. The number of pyridine rings is 1. The average Bonchev–Trinajstić information content (AvgIpc) is 2.96. The van der Waals surface area contributed by atoms with Crippen molar-refractivity contribution in [2.24, 2.45) is 0 Å². The molecule has 1 saturated heterocycles. The third-order valence-corrected chi connectivity index (χ3v) is 4.47. The lowest BCUT2D eigenvalue weighted by Gasteiger charge is -2.27. The second-order valence-corrected chi connectivity index (χ2v) is 6.05. The molecule has 1 aromatic heterocycles. The van der Waals surface area contributed by atoms with E-state index >= 15 is 0 Å². The molecule has 7 heteroatoms. The summed E-state index contributed by atoms with van der Waals surface area (Å²) in [6, 6.07) is 4.13. The lowest BCUT2D eigenvalue weighted by molar-refractivity contribution is -0.769. The summed E-state index contributed by atoms with van der Waals surface area (Å²) in [4.78, 5) is 13.4. The SMILES string of the molecule is CN1CCC[C@@H]1c1ccc[n+]([C@@H]2OC(C(=O)O)=C[C@H](O)[C@H]2O)c1. The van der Waals surface area contributed by atoms with Gasteiger partial charge in [0.2, 0.25) is 5.76 Å². The Hall–Kier alpha value is -1.96. The van der Waals surface area contributed by atoms with Crippen molar-refractivity contribution in [2.75, 3.05) is 13.6 Å². The Morgan fingerprint density at radius 1 is 1.43 bits per heavy atom. The molecule has 2 aliphatic heterocycles. The van der Waals surface area contributed by atoms with Crippen LogP contribution in [0.2, 0.25) is 0 Å². The van der Waals surface area contributed by atoms with E-state index in [0.29, 0.717) is 6.04 Å². The fourth-order valence-electron chi connectivity index (χ4n) is 3.22. The van der Waals surface area contributed by atoms with Crippen LogP contribution in [-0.2, 0) is 9.53 Å². The van der Waals surface area contributed by atoms with E-state index in [-0.39, 0.29) is 5.76 Å². The predicted octanol–water partition coefficient (Wildman–Crippen LogP) is -0.0401. The van der Waals surface area contributed by atoms with Crippen molar-refractivity contribution in [1.29, 1.82) is 0 Å². The van der Waals surface area contributed by atoms with Gasteiger partial charge in [-0.2, -0.15) is 4.57 Å². The Balaban J connectivity index is 1.89. The largest absolute Gasteiger partial charge is 0.475 e. The fourth-order valence-corrected chi connectivity index (χ4v) is 3.22. The molecule has 0 aliphatic carbocycles. The summed E-state index contributed by atoms with van der Waals surface area (Å²) < 4.78 is 6.98. The van der Waals surface area contributed by atoms with E-state index in [2.05, 4.69) is 11.9 Å². The van der Waals surface area contributed by atoms with E-state index in [9.17, 15) is 15.0 Å². The van der Waals surface area contributed by atoms with Gasteiger partial charge in [-0.25, -0.2) is 4.79 Å². The normalized spacial score (nSPS) is 31.5. The Bertz CT molecular complexity index is 633. The van der Waals surface area contributed by atoms with E-state index in [4.69, 9.17) is 9.84 Å². The summed E-state index contributed by atoms with van der Waals surface area (Å²) in [5, 5.41) is 29.1. The van der Waals surface area contributed by atoms with Crippen molar-refractivity contribution in [3.8, 4) is 0 Å². The second-order valence-electron chi connectivity index (χ2n) is 6.05. The topological polar surface area (TPSA) is 94.1 Å². The van der Waals surface area contributed by atoms with Crippen LogP contribution in [0.3, 0.4) is 0 Å². The summed E-state index contributed by atoms with van der Waals surface area (Å²) >= 11 is 0. The molecule has 0 bridgehead atoms. The number of ether oxygens (including phenoxy) is 1. The monoisotopic (exact) mass is 321 g/mol. The second kappa shape index (κ2) is 6.27. The fraction of sp³-hybridized carbons (Fsp3) is 0.500. The van der Waals surface area contributed by atoms with Gasteiger partial charge in [0, 0.05) is 17.7 Å². The zero-order valence-electron chi connectivity index (χ0n) is 12.9. The number of aliphatic hydroxyl groups is 2. The Kier molecular flexibility index (Phi) is 4.34. The molecule has 1 aromatic rings. The first-order chi connectivity index (χ1) is 11.0. The van der Waals surface area contributed by atoms with Crippen LogP contribution in [0.25, 0.3) is 0 Å². The number of aliphatic hydroxyl groups excluding tert-OH is 2. The lowest BCUT2D eigenvalue weighted by atomic mass is 10.1. The van der Waals surface area contributed by atoms with Crippen molar-refractivity contribution in [2.45, 2.75) is 37.3 Å². The maximum Gasteiger partial charge on any atom is 0.371 e. The van der Waals surface area contributed by atoms with Crippen LogP contribution in [0, 0.1) is 0 Å². The first-order valence-electron chi connectivity index (χ1n) is 7.66. The minimum absolute atomic E-state index is 0.294. The molecular formula is C16H21N2O5+. The van der Waals surface area contributed by atoms with Crippen molar-refractivity contribution < 1.29 is 29.4 Å². The summed E-state index contributed by atoms with van der Waals surface area (Å²) in [5.74, 6) is -1.63. The molecule has 0 unspecified atom stereocenters. The first kappa shape index (κ1) is 15.9. The molecule has 0 radical (unpaired) electrons. The molecule has 4 atom stereocenters. The van der Waals surface area contributed by atoms with Crippen LogP contribution in [0.1, 0.15) is 30.7 Å². The van der Waals surface area contributed by atoms with Gasteiger partial charge in [0.1, 0.15) is 6.10 Å². The molecule has 0 amide bonds. The van der Waals surface area contributed by atoms with Gasteiger partial charge >= 0.3 is 12.2 Å². The zero-order valence-corrected chi connectivity index (χ0v) is 12.9. The number of likely N-dealkylation sites (tertiary alicyclic amines) is 1. The van der Waals surface area contributed by atoms with Crippen LogP contribution >= 0.6 is 0 Å². The van der Waals surface area contributed by atoms with Crippen molar-refractivity contribution in [3.63, 3.8) is 0 Å². The Labute approximate surface area is 134 Å². The number of carbonyl (C=O) groups is 1. The summed E-state index contributed by atoms with van der Waals surface area (Å²) in [5.41, 5.74) is 1.07. The molecule has 3 heterocycles. The molecular weight excluding hydrogens is 300 g/mol. The van der Waals surface area contributed by atoms with Crippen molar-refractivity contribution >= 4 is 5.97 Å². The maximum atomic E-state index is 11.1. The number of carboxylic acids is 1. The Morgan fingerprint density at radius 2 is 2.22 bits per heavy atom. The van der Waals surface area contributed by atoms with E-state index in [1.54, 1.807) is 10.8 Å². The van der Waals surface area contributed by atoms with Gasteiger partial charge in [0.05, 0.1) is 0 Å². The molecule has 23 heavy (non-hydrogen) atoms. The van der Waals surface area contributed by atoms with Crippen molar-refractivity contribution in [1.82, 2.24) is 4.90 Å². The Morgan fingerprint density at radius 3 is 2.87 bits per heavy atom. The predicted molar refractivity (Wildman–Crippen MR) is 79.1 cm³/mol. The minimum Gasteiger partial charge on any atom is -0.475 e. The van der Waals surface area contributed by atoms with E-state index < -0.39 is 24.4 Å². The van der Waals surface area contributed by atoms with E-state index in [1.165, 1.54) is 0 Å². The van der Waals surface area contributed by atoms with Gasteiger partial charge in [-0.15, -0.1) is 0 Å². The highest BCUT2D eigenvalue weighted by molar-refractivity contribution is 5.84. The van der Waals surface area contributed by atoms with Crippen LogP contribution in [-0.4, -0.2) is 52.0 Å². The van der Waals surface area contributed by atoms with Crippen LogP contribution in [0.5, 0.6) is 0 Å². The quantitative estimate of drug-likeness (QED) is 0.677. The molecule has 1 fully saturated rings. The number of carboxylic acid groups (broad SMARTS) is 1. The number of aliphatic carboxylic acids is 1. The molecule has 124 valence electrons. The van der Waals surface area contributed by atoms with Crippen LogP contribution < -0.4 is 4.57 Å². The first-order valence-corrected chi connectivity index (χ1v) is 7.66. The minimum atomic E-state index is -1.29. The maximum absolute atomic E-state index is 11.1. The van der Waals surface area contributed by atoms with Gasteiger partial charge in [0.15, 0.2) is 18.5 Å². The van der Waals surface area contributed by atoms with Crippen molar-refractivity contribution in [3.05, 3.63) is 41.9 Å². The lowest BCUT2D eigenvalue weighted by Crippen LogP contribution is -2.53. The van der Waals surface area contributed by atoms with Gasteiger partial charge < -0.3 is 20.1 Å². The molecule has 3 N–H and O–H groups in total. The third-order valence-electron chi connectivity index (χ3n) is 4.47. The van der Waals surface area contributed by atoms with E-state index in [0.717, 1.165) is 31.0 Å². The molecule has 2 aliphatic rings. The molecule has 0 aromatic carbocycles. The van der Waals surface area contributed by atoms with Crippen LogP contribution in [0.4, 0.5) is 0 Å². The van der Waals surface area contributed by atoms with Gasteiger partial charge in [-0.05, 0) is 38.6 Å². The number of hydrogen-bond donors (Lipinski definition) is 3. The highest BCUT2D eigenvalue weighted by Crippen LogP contribution is 2.30. The summed E-state index contributed by atoms with van der Waals surface area (Å²) in [6.45, 7) is 1.03. The average molecular weight is 321 g/mol. The van der Waals surface area contributed by atoms with E-state index in [1.807, 2.05) is 18.3 Å². The molecule has 3 rings (SSSR count). The summed E-state index contributed by atoms with van der Waals surface area (Å²) in [7, 11) is 2.07. The summed E-state index contributed by atoms with van der Waals surface area (Å²) in [6.07, 6.45) is 3.23. The molecule has 7 nitrogen and oxygen atoms in total. The van der Waals surface area contributed by atoms with Gasteiger partial charge in [-0.1, -0.05) is 0 Å². The highest BCUT2D eigenvalue weighted by Gasteiger charge is 2.41. The highest BCUT2D eigenvalue weighted by atomic mass is 16.5. The zero-order chi connectivity index (χ0) is 16.6. The van der Waals surface area contributed by atoms with Gasteiger partial charge in [0.25, 0.3) is 0 Å². The number of hydrogen-bond acceptors (Lipinski definition) is 5. The number of nitrogens with zero attached hydrogens (tertiary/aromatic N) is 2. The standard InChI is InChI=1S/C16H20N2O5/c1-17-6-3-5-11(17)10-4-2-7-18(9-10)15-14(20)12(19)8-13(23-15)16(21)22/h2,4,7-9,11-12,14-15,19-20H,3,5-6H2,1H3/p+1/t11-,12+,14-,15-/m1/s1. The third kappa shape index (κ3) is 3.08. The smallest absolute Gasteiger partial charge is 0.371 e. The molecule has 0 spiro atoms. The number of rotatable bonds is 3. The van der Waals surface area contributed by atoms with Gasteiger partial charge in [-0.3, -0.25) is 4.90 Å². The number of aromatic nitrogens is 1. The van der Waals surface area contributed by atoms with Crippen LogP contribution in [0.15, 0.2) is 36.4 Å².